The highest BCUT2D eigenvalue weighted by atomic mass is 16.1. The number of hydrogen-bond acceptors (Lipinski definition) is 3. The normalized spacial score (nSPS) is 12.0. The second-order valence-corrected chi connectivity index (χ2v) is 13.8. The SMILES string of the molecule is Cc1ccc(-c2c3nc(c(-c4ccc(C)cc4)c4ccc([nH]4)c(-c4ccc(C)cc4)c4nc(c(C(=O)c5ccccc5)c5ccc2[nH]5)C=C4)C=C3)cc1. The van der Waals surface area contributed by atoms with E-state index in [2.05, 4.69) is 128 Å². The minimum Gasteiger partial charge on any atom is -0.354 e. The average Bonchev–Trinajstić information content (AvgIpc) is 4.02. The zero-order chi connectivity index (χ0) is 36.1. The van der Waals surface area contributed by atoms with Crippen molar-refractivity contribution in [2.24, 2.45) is 0 Å². The minimum absolute atomic E-state index is 0.105. The molecule has 4 aromatic carbocycles. The molecule has 0 aliphatic carbocycles. The third-order valence-electron chi connectivity index (χ3n) is 10.0. The fourth-order valence-electron chi connectivity index (χ4n) is 7.25. The van der Waals surface area contributed by atoms with E-state index in [1.165, 1.54) is 16.7 Å². The molecule has 0 unspecified atom stereocenters. The third kappa shape index (κ3) is 5.92. The molecule has 9 rings (SSSR count). The smallest absolute Gasteiger partial charge is 0.197 e. The Balaban J connectivity index is 1.46. The second-order valence-electron chi connectivity index (χ2n) is 13.8. The second kappa shape index (κ2) is 13.0. The van der Waals surface area contributed by atoms with Crippen molar-refractivity contribution in [2.75, 3.05) is 0 Å². The first-order valence-corrected chi connectivity index (χ1v) is 17.9. The highest BCUT2D eigenvalue weighted by molar-refractivity contribution is 6.15. The molecule has 2 aliphatic heterocycles. The molecule has 8 bridgehead atoms. The molecule has 0 saturated heterocycles. The first-order valence-electron chi connectivity index (χ1n) is 17.9. The van der Waals surface area contributed by atoms with Gasteiger partial charge in [0.1, 0.15) is 0 Å². The summed E-state index contributed by atoms with van der Waals surface area (Å²) in [5, 5.41) is 0. The molecule has 0 atom stereocenters. The molecular formula is C48H36N4O. The van der Waals surface area contributed by atoms with Crippen LogP contribution in [-0.4, -0.2) is 25.7 Å². The van der Waals surface area contributed by atoms with Gasteiger partial charge in [-0.05, 0) is 86.0 Å². The number of nitrogens with one attached hydrogen (secondary N) is 2. The predicted octanol–water partition coefficient (Wildman–Crippen LogP) is 11.8. The minimum atomic E-state index is -0.105. The molecule has 0 radical (unpaired) electrons. The van der Waals surface area contributed by atoms with E-state index in [1.54, 1.807) is 0 Å². The molecule has 0 fully saturated rings. The van der Waals surface area contributed by atoms with Crippen molar-refractivity contribution < 1.29 is 4.79 Å². The summed E-state index contributed by atoms with van der Waals surface area (Å²) >= 11 is 0. The van der Waals surface area contributed by atoms with Gasteiger partial charge in [0.2, 0.25) is 0 Å². The van der Waals surface area contributed by atoms with E-state index < -0.39 is 0 Å². The van der Waals surface area contributed by atoms with Gasteiger partial charge in [-0.3, -0.25) is 4.79 Å². The van der Waals surface area contributed by atoms with Crippen LogP contribution in [0.25, 0.3) is 79.8 Å². The zero-order valence-electron chi connectivity index (χ0n) is 29.7. The van der Waals surface area contributed by atoms with Crippen LogP contribution in [-0.2, 0) is 0 Å². The summed E-state index contributed by atoms with van der Waals surface area (Å²) in [4.78, 5) is 32.5. The number of carbonyl (C=O) groups is 1. The van der Waals surface area contributed by atoms with Gasteiger partial charge < -0.3 is 9.97 Å². The van der Waals surface area contributed by atoms with Crippen LogP contribution in [0.1, 0.15) is 55.4 Å². The highest BCUT2D eigenvalue weighted by Crippen LogP contribution is 2.37. The van der Waals surface area contributed by atoms with Crippen molar-refractivity contribution in [2.45, 2.75) is 20.8 Å². The number of aryl methyl sites for hydroxylation is 3. The average molecular weight is 685 g/mol. The molecule has 0 amide bonds. The van der Waals surface area contributed by atoms with Crippen LogP contribution in [0.15, 0.2) is 127 Å². The molecule has 7 aromatic rings. The molecule has 254 valence electrons. The summed E-state index contributed by atoms with van der Waals surface area (Å²) in [6.07, 6.45) is 8.17. The number of aromatic nitrogens is 4. The third-order valence-corrected chi connectivity index (χ3v) is 10.0. The van der Waals surface area contributed by atoms with E-state index in [4.69, 9.17) is 9.97 Å². The van der Waals surface area contributed by atoms with Crippen LogP contribution >= 0.6 is 0 Å². The van der Waals surface area contributed by atoms with Crippen LogP contribution in [0.4, 0.5) is 0 Å². The molecule has 2 N–H and O–H groups in total. The van der Waals surface area contributed by atoms with Crippen LogP contribution in [0.2, 0.25) is 0 Å². The van der Waals surface area contributed by atoms with Gasteiger partial charge in [-0.25, -0.2) is 9.97 Å². The van der Waals surface area contributed by atoms with Gasteiger partial charge in [0.05, 0.1) is 33.9 Å². The molecule has 3 aromatic heterocycles. The summed E-state index contributed by atoms with van der Waals surface area (Å²) in [6.45, 7) is 6.28. The van der Waals surface area contributed by atoms with Gasteiger partial charge in [-0.2, -0.15) is 0 Å². The van der Waals surface area contributed by atoms with E-state index in [9.17, 15) is 4.79 Å². The molecule has 0 spiro atoms. The summed E-state index contributed by atoms with van der Waals surface area (Å²) in [5.74, 6) is -0.105. The number of ketones is 1. The Labute approximate surface area is 308 Å². The van der Waals surface area contributed by atoms with Gasteiger partial charge in [-0.15, -0.1) is 0 Å². The number of rotatable bonds is 5. The van der Waals surface area contributed by atoms with Gasteiger partial charge in [0.15, 0.2) is 5.78 Å². The van der Waals surface area contributed by atoms with E-state index in [1.807, 2.05) is 54.6 Å². The van der Waals surface area contributed by atoms with Crippen LogP contribution in [0, 0.1) is 20.8 Å². The van der Waals surface area contributed by atoms with E-state index in [-0.39, 0.29) is 5.78 Å². The monoisotopic (exact) mass is 684 g/mol. The van der Waals surface area contributed by atoms with Gasteiger partial charge in [-0.1, -0.05) is 120 Å². The van der Waals surface area contributed by atoms with Crippen molar-refractivity contribution in [3.8, 4) is 33.4 Å². The Morgan fingerprint density at radius 3 is 1.21 bits per heavy atom. The fourth-order valence-corrected chi connectivity index (χ4v) is 7.25. The molecule has 2 aliphatic rings. The maximum Gasteiger partial charge on any atom is 0.197 e. The highest BCUT2D eigenvalue weighted by Gasteiger charge is 2.21. The first kappa shape index (κ1) is 32.1. The van der Waals surface area contributed by atoms with Crippen LogP contribution in [0.5, 0.6) is 0 Å². The largest absolute Gasteiger partial charge is 0.354 e. The standard InChI is InChI=1S/C48H36N4O/c1-29-9-15-32(16-10-29)44-36-21-23-38(49-36)45(33-17-11-30(2)12-18-33)40-25-27-42(51-40)47(48(53)35-7-5-4-6-8-35)43-28-26-41(52-43)46(39-24-22-37(44)50-39)34-19-13-31(3)14-20-34/h4-28,49,52H,1-3H3. The quantitative estimate of drug-likeness (QED) is 0.177. The van der Waals surface area contributed by atoms with Gasteiger partial charge in [0, 0.05) is 38.8 Å². The topological polar surface area (TPSA) is 74.4 Å². The maximum atomic E-state index is 14.5. The van der Waals surface area contributed by atoms with Crippen LogP contribution in [0.3, 0.4) is 0 Å². The lowest BCUT2D eigenvalue weighted by Crippen LogP contribution is -2.04. The number of aromatic amines is 2. The number of H-pyrrole nitrogens is 2. The maximum absolute atomic E-state index is 14.5. The van der Waals surface area contributed by atoms with Gasteiger partial charge >= 0.3 is 0 Å². The number of fused-ring (bicyclic) bond motifs is 8. The summed E-state index contributed by atoms with van der Waals surface area (Å²) in [7, 11) is 0. The van der Waals surface area contributed by atoms with Crippen molar-refractivity contribution >= 4 is 52.2 Å². The summed E-state index contributed by atoms with van der Waals surface area (Å²) < 4.78 is 0. The number of benzene rings is 4. The Hall–Kier alpha value is -6.85. The predicted molar refractivity (Wildman–Crippen MR) is 219 cm³/mol. The van der Waals surface area contributed by atoms with Crippen molar-refractivity contribution in [3.63, 3.8) is 0 Å². The Bertz CT molecular complexity index is 2740. The molecule has 5 heteroatoms. The molecule has 53 heavy (non-hydrogen) atoms. The lowest BCUT2D eigenvalue weighted by atomic mass is 10.0. The lowest BCUT2D eigenvalue weighted by Gasteiger charge is -2.07. The number of carbonyl (C=O) groups excluding carboxylic acids is 1. The van der Waals surface area contributed by atoms with Crippen LogP contribution < -0.4 is 0 Å². The summed E-state index contributed by atoms with van der Waals surface area (Å²) in [5.41, 5.74) is 17.1. The van der Waals surface area contributed by atoms with E-state index in [0.717, 1.165) is 67.0 Å². The first-order chi connectivity index (χ1) is 25.9. The van der Waals surface area contributed by atoms with E-state index in [0.29, 0.717) is 22.3 Å². The van der Waals surface area contributed by atoms with Crippen molar-refractivity contribution in [1.29, 1.82) is 0 Å². The zero-order valence-corrected chi connectivity index (χ0v) is 29.7. The molecule has 0 saturated carbocycles. The van der Waals surface area contributed by atoms with Crippen molar-refractivity contribution in [1.82, 2.24) is 19.9 Å². The number of hydrogen-bond donors (Lipinski definition) is 2. The molecule has 5 heterocycles. The van der Waals surface area contributed by atoms with Crippen molar-refractivity contribution in [3.05, 3.63) is 178 Å². The summed E-state index contributed by atoms with van der Waals surface area (Å²) in [6, 6.07) is 43.3. The Morgan fingerprint density at radius 2 is 0.774 bits per heavy atom. The Morgan fingerprint density at radius 1 is 0.415 bits per heavy atom. The fraction of sp³-hybridized carbons (Fsp3) is 0.0625. The van der Waals surface area contributed by atoms with Gasteiger partial charge in [0.25, 0.3) is 0 Å². The number of nitrogens with zero attached hydrogens (tertiary/aromatic N) is 2. The lowest BCUT2D eigenvalue weighted by molar-refractivity contribution is 0.103. The Kier molecular flexibility index (Phi) is 7.89. The van der Waals surface area contributed by atoms with E-state index >= 15 is 0 Å². The molecular weight excluding hydrogens is 649 g/mol. The molecule has 5 nitrogen and oxygen atoms in total.